The number of hydrogen-bond donors (Lipinski definition) is 1. The molecule has 2 aliphatic carbocycles. The highest BCUT2D eigenvalue weighted by Crippen LogP contribution is 2.30. The molecule has 0 aliphatic heterocycles. The molecule has 0 aromatic heterocycles. The predicted molar refractivity (Wildman–Crippen MR) is 74.2 cm³/mol. The summed E-state index contributed by atoms with van der Waals surface area (Å²) in [6.45, 7) is 2.30. The zero-order valence-corrected chi connectivity index (χ0v) is 11.3. The summed E-state index contributed by atoms with van der Waals surface area (Å²) in [5, 5.41) is 0. The summed E-state index contributed by atoms with van der Waals surface area (Å²) >= 11 is 0. The van der Waals surface area contributed by atoms with Gasteiger partial charge < -0.3 is 5.73 Å². The highest BCUT2D eigenvalue weighted by molar-refractivity contribution is 5.83. The van der Waals surface area contributed by atoms with Gasteiger partial charge in [0.2, 0.25) is 0 Å². The Morgan fingerprint density at radius 3 is 2.35 bits per heavy atom. The van der Waals surface area contributed by atoms with Gasteiger partial charge in [0.25, 0.3) is 0 Å². The number of nitrogens with two attached hydrogens (primary N) is 1. The monoisotopic (exact) mass is 236 g/mol. The summed E-state index contributed by atoms with van der Waals surface area (Å²) in [5.74, 6) is 2.38. The molecule has 0 aromatic carbocycles. The fourth-order valence-corrected chi connectivity index (χ4v) is 3.53. The van der Waals surface area contributed by atoms with Gasteiger partial charge in [0.1, 0.15) is 0 Å². The fourth-order valence-electron chi connectivity index (χ4n) is 3.53. The van der Waals surface area contributed by atoms with Crippen LogP contribution in [0.4, 0.5) is 0 Å². The van der Waals surface area contributed by atoms with E-state index >= 15 is 0 Å². The van der Waals surface area contributed by atoms with E-state index < -0.39 is 0 Å². The quantitative estimate of drug-likeness (QED) is 0.586. The van der Waals surface area contributed by atoms with Crippen molar-refractivity contribution < 1.29 is 0 Å². The lowest BCUT2D eigenvalue weighted by molar-refractivity contribution is 0.300. The number of hydrogen-bond acceptors (Lipinski definition) is 1. The third-order valence-electron chi connectivity index (χ3n) is 4.73. The maximum Gasteiger partial charge on any atom is 0.0971 e. The Morgan fingerprint density at radius 1 is 1.00 bits per heavy atom. The van der Waals surface area contributed by atoms with E-state index in [1.807, 2.05) is 0 Å². The molecule has 2 atom stereocenters. The summed E-state index contributed by atoms with van der Waals surface area (Å²) < 4.78 is 0. The van der Waals surface area contributed by atoms with Crippen LogP contribution in [-0.4, -0.2) is 11.9 Å². The summed E-state index contributed by atoms with van der Waals surface area (Å²) in [5.41, 5.74) is 6.25. The van der Waals surface area contributed by atoms with E-state index in [1.165, 1.54) is 64.2 Å². The number of aliphatic imine (C=N–C) groups is 1. The molecule has 2 heteroatoms. The second-order valence-electron chi connectivity index (χ2n) is 5.91. The minimum Gasteiger partial charge on any atom is -0.387 e. The molecule has 17 heavy (non-hydrogen) atoms. The summed E-state index contributed by atoms with van der Waals surface area (Å²) in [6, 6.07) is 0.538. The van der Waals surface area contributed by atoms with Gasteiger partial charge in [0.05, 0.1) is 11.9 Å². The molecule has 98 valence electrons. The SMILES string of the molecule is CCC1CCCCC1N=C(N)C1CCCCC1. The third kappa shape index (κ3) is 3.46. The summed E-state index contributed by atoms with van der Waals surface area (Å²) in [4.78, 5) is 4.91. The molecule has 2 rings (SSSR count). The van der Waals surface area contributed by atoms with Crippen LogP contribution >= 0.6 is 0 Å². The van der Waals surface area contributed by atoms with Crippen molar-refractivity contribution in [2.24, 2.45) is 22.6 Å². The number of nitrogens with zero attached hydrogens (tertiary/aromatic N) is 1. The van der Waals surface area contributed by atoms with Crippen molar-refractivity contribution in [3.63, 3.8) is 0 Å². The lowest BCUT2D eigenvalue weighted by Gasteiger charge is -2.29. The van der Waals surface area contributed by atoms with Crippen molar-refractivity contribution >= 4 is 5.84 Å². The van der Waals surface area contributed by atoms with Gasteiger partial charge >= 0.3 is 0 Å². The van der Waals surface area contributed by atoms with Gasteiger partial charge in [-0.1, -0.05) is 45.4 Å². The molecule has 2 saturated carbocycles. The highest BCUT2D eigenvalue weighted by Gasteiger charge is 2.25. The Bertz CT molecular complexity index is 254. The van der Waals surface area contributed by atoms with Crippen molar-refractivity contribution in [2.45, 2.75) is 77.2 Å². The first-order valence-corrected chi connectivity index (χ1v) is 7.64. The van der Waals surface area contributed by atoms with E-state index in [0.29, 0.717) is 12.0 Å². The van der Waals surface area contributed by atoms with E-state index in [1.54, 1.807) is 0 Å². The maximum absolute atomic E-state index is 6.25. The molecular formula is C15H28N2. The summed E-state index contributed by atoms with van der Waals surface area (Å²) in [7, 11) is 0. The lowest BCUT2D eigenvalue weighted by Crippen LogP contribution is -2.31. The zero-order chi connectivity index (χ0) is 12.1. The van der Waals surface area contributed by atoms with Crippen LogP contribution in [0.3, 0.4) is 0 Å². The van der Waals surface area contributed by atoms with Crippen LogP contribution in [0.1, 0.15) is 71.1 Å². The van der Waals surface area contributed by atoms with Gasteiger partial charge in [-0.25, -0.2) is 0 Å². The van der Waals surface area contributed by atoms with Crippen LogP contribution in [-0.2, 0) is 0 Å². The van der Waals surface area contributed by atoms with Gasteiger partial charge in [-0.3, -0.25) is 4.99 Å². The van der Waals surface area contributed by atoms with E-state index in [9.17, 15) is 0 Å². The average Bonchev–Trinajstić information content (AvgIpc) is 2.40. The first-order chi connectivity index (χ1) is 8.31. The molecule has 0 heterocycles. The molecular weight excluding hydrogens is 208 g/mol. The highest BCUT2D eigenvalue weighted by atomic mass is 14.9. The molecule has 2 aliphatic rings. The van der Waals surface area contributed by atoms with E-state index in [2.05, 4.69) is 6.92 Å². The van der Waals surface area contributed by atoms with Crippen LogP contribution in [0.25, 0.3) is 0 Å². The first kappa shape index (κ1) is 12.9. The minimum absolute atomic E-state index is 0.538. The smallest absolute Gasteiger partial charge is 0.0971 e. The van der Waals surface area contributed by atoms with Crippen LogP contribution in [0.15, 0.2) is 4.99 Å². The van der Waals surface area contributed by atoms with E-state index in [4.69, 9.17) is 10.7 Å². The lowest BCUT2D eigenvalue weighted by atomic mass is 9.82. The van der Waals surface area contributed by atoms with Gasteiger partial charge in [0, 0.05) is 5.92 Å². The zero-order valence-electron chi connectivity index (χ0n) is 11.3. The molecule has 0 bridgehead atoms. The topological polar surface area (TPSA) is 38.4 Å². The van der Waals surface area contributed by atoms with Crippen molar-refractivity contribution in [3.05, 3.63) is 0 Å². The van der Waals surface area contributed by atoms with Crippen molar-refractivity contribution in [1.82, 2.24) is 0 Å². The second kappa shape index (κ2) is 6.42. The Balaban J connectivity index is 1.95. The van der Waals surface area contributed by atoms with Crippen LogP contribution < -0.4 is 5.73 Å². The Labute approximate surface area is 106 Å². The van der Waals surface area contributed by atoms with E-state index in [-0.39, 0.29) is 0 Å². The van der Waals surface area contributed by atoms with Crippen molar-refractivity contribution in [3.8, 4) is 0 Å². The molecule has 0 aromatic rings. The van der Waals surface area contributed by atoms with Gasteiger partial charge in [0.15, 0.2) is 0 Å². The first-order valence-electron chi connectivity index (χ1n) is 7.64. The molecule has 0 saturated heterocycles. The Morgan fingerprint density at radius 2 is 1.65 bits per heavy atom. The Kier molecular flexibility index (Phi) is 4.87. The molecule has 2 unspecified atom stereocenters. The largest absolute Gasteiger partial charge is 0.387 e. The average molecular weight is 236 g/mol. The van der Waals surface area contributed by atoms with E-state index in [0.717, 1.165) is 11.8 Å². The normalized spacial score (nSPS) is 32.6. The van der Waals surface area contributed by atoms with Crippen molar-refractivity contribution in [2.75, 3.05) is 0 Å². The number of rotatable bonds is 3. The predicted octanol–water partition coefficient (Wildman–Crippen LogP) is 3.89. The van der Waals surface area contributed by atoms with Crippen LogP contribution in [0.2, 0.25) is 0 Å². The third-order valence-corrected chi connectivity index (χ3v) is 4.73. The van der Waals surface area contributed by atoms with Gasteiger partial charge in [-0.05, 0) is 31.6 Å². The second-order valence-corrected chi connectivity index (χ2v) is 5.91. The molecule has 0 radical (unpaired) electrons. The van der Waals surface area contributed by atoms with Gasteiger partial charge in [-0.15, -0.1) is 0 Å². The summed E-state index contributed by atoms with van der Waals surface area (Å²) in [6.07, 6.45) is 13.3. The standard InChI is InChI=1S/C15H28N2/c1-2-12-8-6-7-11-14(12)17-15(16)13-9-4-3-5-10-13/h12-14H,2-11H2,1H3,(H2,16,17). The van der Waals surface area contributed by atoms with Crippen molar-refractivity contribution in [1.29, 1.82) is 0 Å². The molecule has 2 nitrogen and oxygen atoms in total. The minimum atomic E-state index is 0.538. The van der Waals surface area contributed by atoms with Gasteiger partial charge in [-0.2, -0.15) is 0 Å². The number of amidine groups is 1. The molecule has 0 spiro atoms. The Hall–Kier alpha value is -0.530. The van der Waals surface area contributed by atoms with Crippen LogP contribution in [0, 0.1) is 11.8 Å². The maximum atomic E-state index is 6.25. The molecule has 0 amide bonds. The molecule has 2 fully saturated rings. The molecule has 2 N–H and O–H groups in total. The van der Waals surface area contributed by atoms with Crippen LogP contribution in [0.5, 0.6) is 0 Å². The fraction of sp³-hybridized carbons (Fsp3) is 0.933.